The van der Waals surface area contributed by atoms with Crippen LogP contribution in [0.5, 0.6) is 0 Å². The molecule has 1 amide bonds. The van der Waals surface area contributed by atoms with Gasteiger partial charge in [0.25, 0.3) is 0 Å². The Morgan fingerprint density at radius 3 is 2.93 bits per heavy atom. The van der Waals surface area contributed by atoms with Crippen LogP contribution in [-0.2, 0) is 4.79 Å². The van der Waals surface area contributed by atoms with Gasteiger partial charge in [-0.1, -0.05) is 0 Å². The predicted octanol–water partition coefficient (Wildman–Crippen LogP) is 1.12. The molecular weight excluding hydrogens is 232 g/mol. The molecule has 2 heterocycles. The number of hydrogen-bond acceptors (Lipinski definition) is 3. The summed E-state index contributed by atoms with van der Waals surface area (Å²) in [5.74, 6) is 1.54. The lowest BCUT2D eigenvalue weighted by Crippen LogP contribution is -2.53. The van der Waals surface area contributed by atoms with Gasteiger partial charge in [-0.25, -0.2) is 0 Å². The van der Waals surface area contributed by atoms with Crippen LogP contribution in [0.15, 0.2) is 0 Å². The second kappa shape index (κ2) is 5.97. The Morgan fingerprint density at radius 1 is 1.53 bits per heavy atom. The maximum atomic E-state index is 12.0. The highest BCUT2D eigenvalue weighted by atomic mass is 35.5. The molecule has 2 aliphatic rings. The van der Waals surface area contributed by atoms with Gasteiger partial charge in [0.1, 0.15) is 0 Å². The maximum absolute atomic E-state index is 12.0. The van der Waals surface area contributed by atoms with Gasteiger partial charge in [-0.15, -0.1) is 24.2 Å². The molecule has 2 atom stereocenters. The molecule has 88 valence electrons. The van der Waals surface area contributed by atoms with Crippen LogP contribution in [0.3, 0.4) is 0 Å². The van der Waals surface area contributed by atoms with E-state index in [9.17, 15) is 4.79 Å². The molecule has 3 nitrogen and oxygen atoms in total. The first-order chi connectivity index (χ1) is 6.77. The molecule has 0 aromatic rings. The molecule has 15 heavy (non-hydrogen) atoms. The minimum absolute atomic E-state index is 0. The molecule has 0 spiro atoms. The summed E-state index contributed by atoms with van der Waals surface area (Å²) < 4.78 is 0. The molecule has 0 aromatic carbocycles. The zero-order valence-corrected chi connectivity index (χ0v) is 10.7. The Morgan fingerprint density at radius 2 is 2.33 bits per heavy atom. The van der Waals surface area contributed by atoms with Crippen molar-refractivity contribution in [3.8, 4) is 0 Å². The summed E-state index contributed by atoms with van der Waals surface area (Å²) in [6, 6.07) is 0.458. The summed E-state index contributed by atoms with van der Waals surface area (Å²) >= 11 is 1.83. The van der Waals surface area contributed by atoms with Gasteiger partial charge in [0.15, 0.2) is 0 Å². The molecule has 0 bridgehead atoms. The van der Waals surface area contributed by atoms with E-state index in [1.165, 1.54) is 6.42 Å². The molecule has 2 fully saturated rings. The van der Waals surface area contributed by atoms with Crippen molar-refractivity contribution in [2.24, 2.45) is 0 Å². The standard InChI is InChI=1S/C10H18N2OS.ClH/c1-8-7-12(5-4-11-8)10(13)9-3-2-6-14-9;/h8-9,11H,2-7H2,1H3;1H/t8-,9?;/m0./s1. The van der Waals surface area contributed by atoms with Gasteiger partial charge >= 0.3 is 0 Å². The first-order valence-electron chi connectivity index (χ1n) is 5.41. The molecule has 1 unspecified atom stereocenters. The molecular formula is C10H19ClN2OS. The highest BCUT2D eigenvalue weighted by Crippen LogP contribution is 2.27. The highest BCUT2D eigenvalue weighted by molar-refractivity contribution is 8.00. The average Bonchev–Trinajstić information content (AvgIpc) is 2.69. The quantitative estimate of drug-likeness (QED) is 0.757. The first-order valence-corrected chi connectivity index (χ1v) is 6.46. The molecule has 1 N–H and O–H groups in total. The van der Waals surface area contributed by atoms with E-state index in [1.807, 2.05) is 16.7 Å². The van der Waals surface area contributed by atoms with Crippen LogP contribution in [-0.4, -0.2) is 47.5 Å². The smallest absolute Gasteiger partial charge is 0.235 e. The van der Waals surface area contributed by atoms with E-state index in [1.54, 1.807) is 0 Å². The van der Waals surface area contributed by atoms with Crippen LogP contribution in [0.1, 0.15) is 19.8 Å². The van der Waals surface area contributed by atoms with Gasteiger partial charge in [0.2, 0.25) is 5.91 Å². The van der Waals surface area contributed by atoms with Gasteiger partial charge in [-0.05, 0) is 25.5 Å². The minimum Gasteiger partial charge on any atom is -0.339 e. The molecule has 2 saturated heterocycles. The number of thioether (sulfide) groups is 1. The van der Waals surface area contributed by atoms with E-state index in [-0.39, 0.29) is 17.7 Å². The zero-order chi connectivity index (χ0) is 9.97. The van der Waals surface area contributed by atoms with Crippen molar-refractivity contribution in [1.82, 2.24) is 10.2 Å². The van der Waals surface area contributed by atoms with Gasteiger partial charge in [-0.3, -0.25) is 4.79 Å². The Labute approximate surface area is 102 Å². The summed E-state index contributed by atoms with van der Waals surface area (Å²) in [4.78, 5) is 14.1. The van der Waals surface area contributed by atoms with Crippen LogP contribution in [0, 0.1) is 0 Å². The number of carbonyl (C=O) groups is 1. The zero-order valence-electron chi connectivity index (χ0n) is 9.07. The lowest BCUT2D eigenvalue weighted by atomic mass is 10.2. The van der Waals surface area contributed by atoms with E-state index in [2.05, 4.69) is 12.2 Å². The number of amides is 1. The molecule has 0 radical (unpaired) electrons. The monoisotopic (exact) mass is 250 g/mol. The molecule has 2 rings (SSSR count). The Kier molecular flexibility index (Phi) is 5.23. The number of rotatable bonds is 1. The average molecular weight is 251 g/mol. The number of halogens is 1. The normalized spacial score (nSPS) is 31.1. The summed E-state index contributed by atoms with van der Waals surface area (Å²) in [6.45, 7) is 4.86. The van der Waals surface area contributed by atoms with Crippen molar-refractivity contribution in [3.05, 3.63) is 0 Å². The van der Waals surface area contributed by atoms with Crippen LogP contribution in [0.25, 0.3) is 0 Å². The fourth-order valence-corrected chi connectivity index (χ4v) is 3.35. The number of carbonyl (C=O) groups excluding carboxylic acids is 1. The number of nitrogens with zero attached hydrogens (tertiary/aromatic N) is 1. The predicted molar refractivity (Wildman–Crippen MR) is 66.8 cm³/mol. The molecule has 0 aromatic heterocycles. The van der Waals surface area contributed by atoms with E-state index >= 15 is 0 Å². The fraction of sp³-hybridized carbons (Fsp3) is 0.900. The van der Waals surface area contributed by atoms with Crippen molar-refractivity contribution in [3.63, 3.8) is 0 Å². The number of nitrogens with one attached hydrogen (secondary N) is 1. The highest BCUT2D eigenvalue weighted by Gasteiger charge is 2.29. The van der Waals surface area contributed by atoms with Crippen molar-refractivity contribution < 1.29 is 4.79 Å². The summed E-state index contributed by atoms with van der Waals surface area (Å²) in [5.41, 5.74) is 0. The van der Waals surface area contributed by atoms with E-state index < -0.39 is 0 Å². The van der Waals surface area contributed by atoms with Crippen molar-refractivity contribution in [2.45, 2.75) is 31.1 Å². The minimum atomic E-state index is 0. The van der Waals surface area contributed by atoms with Gasteiger partial charge in [0, 0.05) is 25.7 Å². The Balaban J connectivity index is 0.00000112. The first kappa shape index (κ1) is 13.1. The van der Waals surface area contributed by atoms with E-state index in [0.717, 1.165) is 31.8 Å². The van der Waals surface area contributed by atoms with Crippen LogP contribution < -0.4 is 5.32 Å². The van der Waals surface area contributed by atoms with Crippen molar-refractivity contribution >= 4 is 30.1 Å². The topological polar surface area (TPSA) is 32.3 Å². The molecule has 0 aliphatic carbocycles. The summed E-state index contributed by atoms with van der Waals surface area (Å²) in [7, 11) is 0. The summed E-state index contributed by atoms with van der Waals surface area (Å²) in [6.07, 6.45) is 2.30. The van der Waals surface area contributed by atoms with Gasteiger partial charge < -0.3 is 10.2 Å². The number of hydrogen-bond donors (Lipinski definition) is 1. The van der Waals surface area contributed by atoms with E-state index in [0.29, 0.717) is 11.9 Å². The van der Waals surface area contributed by atoms with E-state index in [4.69, 9.17) is 0 Å². The third kappa shape index (κ3) is 3.26. The Bertz CT molecular complexity index is 221. The van der Waals surface area contributed by atoms with Crippen LogP contribution in [0.2, 0.25) is 0 Å². The lowest BCUT2D eigenvalue weighted by Gasteiger charge is -2.33. The molecule has 2 aliphatic heterocycles. The second-order valence-electron chi connectivity index (χ2n) is 4.14. The third-order valence-electron chi connectivity index (χ3n) is 2.89. The summed E-state index contributed by atoms with van der Waals surface area (Å²) in [5, 5.41) is 3.62. The lowest BCUT2D eigenvalue weighted by molar-refractivity contribution is -0.131. The largest absolute Gasteiger partial charge is 0.339 e. The molecule has 5 heteroatoms. The SMILES string of the molecule is C[C@H]1CN(C(=O)C2CCCS2)CCN1.Cl. The van der Waals surface area contributed by atoms with Crippen molar-refractivity contribution in [2.75, 3.05) is 25.4 Å². The van der Waals surface area contributed by atoms with Crippen molar-refractivity contribution in [1.29, 1.82) is 0 Å². The second-order valence-corrected chi connectivity index (χ2v) is 5.45. The van der Waals surface area contributed by atoms with Gasteiger partial charge in [-0.2, -0.15) is 0 Å². The molecule has 0 saturated carbocycles. The van der Waals surface area contributed by atoms with Crippen LogP contribution in [0.4, 0.5) is 0 Å². The van der Waals surface area contributed by atoms with Gasteiger partial charge in [0.05, 0.1) is 5.25 Å². The number of piperazine rings is 1. The van der Waals surface area contributed by atoms with Crippen LogP contribution >= 0.6 is 24.2 Å². The maximum Gasteiger partial charge on any atom is 0.235 e. The third-order valence-corrected chi connectivity index (χ3v) is 4.25. The fourth-order valence-electron chi connectivity index (χ4n) is 2.11. The Hall–Kier alpha value is 0.0700.